The van der Waals surface area contributed by atoms with Crippen LogP contribution in [0, 0.1) is 6.92 Å². The van der Waals surface area contributed by atoms with Gasteiger partial charge in [-0.2, -0.15) is 0 Å². The lowest BCUT2D eigenvalue weighted by molar-refractivity contribution is 0.359. The first-order chi connectivity index (χ1) is 9.52. The third-order valence-corrected chi connectivity index (χ3v) is 3.31. The quantitative estimate of drug-likeness (QED) is 0.623. The van der Waals surface area contributed by atoms with Crippen LogP contribution in [-0.4, -0.2) is 6.61 Å². The van der Waals surface area contributed by atoms with Crippen molar-refractivity contribution in [2.24, 2.45) is 0 Å². The van der Waals surface area contributed by atoms with Crippen LogP contribution in [0.5, 0.6) is 5.75 Å². The van der Waals surface area contributed by atoms with E-state index in [9.17, 15) is 4.79 Å². The van der Waals surface area contributed by atoms with Gasteiger partial charge in [-0.15, -0.1) is 0 Å². The Morgan fingerprint density at radius 2 is 2.10 bits per heavy atom. The molecular formula is C17H20O3. The highest BCUT2D eigenvalue weighted by atomic mass is 16.5. The van der Waals surface area contributed by atoms with Gasteiger partial charge in [0.1, 0.15) is 17.9 Å². The van der Waals surface area contributed by atoms with Gasteiger partial charge in [0.05, 0.1) is 0 Å². The van der Waals surface area contributed by atoms with E-state index in [0.717, 1.165) is 28.7 Å². The lowest BCUT2D eigenvalue weighted by Gasteiger charge is -2.11. The first-order valence-corrected chi connectivity index (χ1v) is 6.85. The van der Waals surface area contributed by atoms with Crippen LogP contribution in [0.3, 0.4) is 0 Å². The lowest BCUT2D eigenvalue weighted by Crippen LogP contribution is -2.02. The molecule has 0 aliphatic carbocycles. The minimum atomic E-state index is -0.307. The molecule has 0 fully saturated rings. The highest BCUT2D eigenvalue weighted by Crippen LogP contribution is 2.28. The van der Waals surface area contributed by atoms with Crippen molar-refractivity contribution in [1.29, 1.82) is 0 Å². The maximum atomic E-state index is 11.6. The van der Waals surface area contributed by atoms with Crippen molar-refractivity contribution in [3.63, 3.8) is 0 Å². The molecule has 3 nitrogen and oxygen atoms in total. The monoisotopic (exact) mass is 272 g/mol. The molecule has 0 radical (unpaired) electrons. The largest absolute Gasteiger partial charge is 0.489 e. The lowest BCUT2D eigenvalue weighted by atomic mass is 10.0. The predicted octanol–water partition coefficient (Wildman–Crippen LogP) is 4.01. The number of hydrogen-bond donors (Lipinski definition) is 0. The van der Waals surface area contributed by atoms with E-state index in [2.05, 4.69) is 0 Å². The van der Waals surface area contributed by atoms with E-state index in [-0.39, 0.29) is 5.63 Å². The highest BCUT2D eigenvalue weighted by molar-refractivity contribution is 5.84. The summed E-state index contributed by atoms with van der Waals surface area (Å²) in [5.41, 5.74) is 3.42. The van der Waals surface area contributed by atoms with Gasteiger partial charge in [-0.25, -0.2) is 4.79 Å². The third-order valence-electron chi connectivity index (χ3n) is 3.31. The maximum Gasteiger partial charge on any atom is 0.336 e. The molecule has 1 heterocycles. The smallest absolute Gasteiger partial charge is 0.336 e. The number of aryl methyl sites for hydroxylation is 2. The Bertz CT molecular complexity index is 704. The topological polar surface area (TPSA) is 39.4 Å². The van der Waals surface area contributed by atoms with Gasteiger partial charge in [0.2, 0.25) is 0 Å². The van der Waals surface area contributed by atoms with Gasteiger partial charge in [-0.1, -0.05) is 12.5 Å². The van der Waals surface area contributed by atoms with Crippen LogP contribution < -0.4 is 10.4 Å². The second-order valence-electron chi connectivity index (χ2n) is 5.10. The van der Waals surface area contributed by atoms with E-state index in [1.807, 2.05) is 45.9 Å². The van der Waals surface area contributed by atoms with Gasteiger partial charge in [0.25, 0.3) is 0 Å². The van der Waals surface area contributed by atoms with Crippen molar-refractivity contribution >= 4 is 11.0 Å². The Balaban J connectivity index is 2.48. The van der Waals surface area contributed by atoms with E-state index in [1.54, 1.807) is 6.07 Å². The second kappa shape index (κ2) is 5.95. The molecule has 1 aromatic carbocycles. The van der Waals surface area contributed by atoms with Gasteiger partial charge in [-0.05, 0) is 51.0 Å². The average molecular weight is 272 g/mol. The molecule has 0 amide bonds. The predicted molar refractivity (Wildman–Crippen MR) is 81.5 cm³/mol. The third kappa shape index (κ3) is 2.93. The molecule has 0 unspecified atom stereocenters. The van der Waals surface area contributed by atoms with Crippen molar-refractivity contribution in [2.45, 2.75) is 34.1 Å². The molecule has 0 bridgehead atoms. The Morgan fingerprint density at radius 3 is 2.75 bits per heavy atom. The number of benzene rings is 1. The fourth-order valence-corrected chi connectivity index (χ4v) is 2.16. The molecular weight excluding hydrogens is 252 g/mol. The molecule has 0 spiro atoms. The average Bonchev–Trinajstić information content (AvgIpc) is 2.40. The van der Waals surface area contributed by atoms with Crippen LogP contribution in [0.15, 0.2) is 39.1 Å². The van der Waals surface area contributed by atoms with Crippen molar-refractivity contribution in [1.82, 2.24) is 0 Å². The number of fused-ring (bicyclic) bond motifs is 1. The number of hydrogen-bond acceptors (Lipinski definition) is 3. The van der Waals surface area contributed by atoms with Gasteiger partial charge in [0, 0.05) is 17.0 Å². The zero-order valence-electron chi connectivity index (χ0n) is 12.4. The standard InChI is InChI=1S/C17H20O3/c1-5-13-10-16(18)20-17-12(4)15(7-6-14(13)17)19-9-8-11(2)3/h6-8,10H,5,9H2,1-4H3. The maximum absolute atomic E-state index is 11.6. The summed E-state index contributed by atoms with van der Waals surface area (Å²) in [4.78, 5) is 11.6. The van der Waals surface area contributed by atoms with Gasteiger partial charge in [0.15, 0.2) is 0 Å². The SMILES string of the molecule is CCc1cc(=O)oc2c(C)c(OCC=C(C)C)ccc12. The van der Waals surface area contributed by atoms with Gasteiger partial charge in [-0.3, -0.25) is 0 Å². The summed E-state index contributed by atoms with van der Waals surface area (Å²) in [7, 11) is 0. The second-order valence-corrected chi connectivity index (χ2v) is 5.10. The van der Waals surface area contributed by atoms with Crippen molar-refractivity contribution in [3.8, 4) is 5.75 Å². The minimum Gasteiger partial charge on any atom is -0.489 e. The molecule has 0 saturated carbocycles. The number of ether oxygens (including phenoxy) is 1. The van der Waals surface area contributed by atoms with Crippen LogP contribution >= 0.6 is 0 Å². The van der Waals surface area contributed by atoms with Crippen LogP contribution in [-0.2, 0) is 6.42 Å². The summed E-state index contributed by atoms with van der Waals surface area (Å²) in [6.07, 6.45) is 2.82. The Kier molecular flexibility index (Phi) is 4.28. The fraction of sp³-hybridized carbons (Fsp3) is 0.353. The molecule has 2 aromatic rings. The molecule has 0 aliphatic heterocycles. The van der Waals surface area contributed by atoms with Crippen molar-refractivity contribution in [2.75, 3.05) is 6.61 Å². The van der Waals surface area contributed by atoms with Crippen LogP contribution in [0.2, 0.25) is 0 Å². The van der Waals surface area contributed by atoms with Crippen LogP contribution in [0.25, 0.3) is 11.0 Å². The molecule has 1 aromatic heterocycles. The van der Waals surface area contributed by atoms with E-state index >= 15 is 0 Å². The summed E-state index contributed by atoms with van der Waals surface area (Å²) in [6.45, 7) is 8.53. The Morgan fingerprint density at radius 1 is 1.35 bits per heavy atom. The Hall–Kier alpha value is -2.03. The van der Waals surface area contributed by atoms with E-state index in [1.165, 1.54) is 5.57 Å². The number of rotatable bonds is 4. The minimum absolute atomic E-state index is 0.307. The normalized spacial score (nSPS) is 10.6. The molecule has 0 N–H and O–H groups in total. The molecule has 0 aliphatic rings. The van der Waals surface area contributed by atoms with E-state index < -0.39 is 0 Å². The summed E-state index contributed by atoms with van der Waals surface area (Å²) in [5.74, 6) is 0.756. The van der Waals surface area contributed by atoms with Crippen LogP contribution in [0.4, 0.5) is 0 Å². The molecule has 3 heteroatoms. The highest BCUT2D eigenvalue weighted by Gasteiger charge is 2.10. The molecule has 0 saturated heterocycles. The first-order valence-electron chi connectivity index (χ1n) is 6.85. The van der Waals surface area contributed by atoms with Gasteiger partial charge >= 0.3 is 5.63 Å². The summed E-state index contributed by atoms with van der Waals surface area (Å²) in [5, 5.41) is 0.985. The summed E-state index contributed by atoms with van der Waals surface area (Å²) in [6, 6.07) is 5.46. The Labute approximate surface area is 118 Å². The zero-order valence-corrected chi connectivity index (χ0v) is 12.4. The van der Waals surface area contributed by atoms with E-state index in [4.69, 9.17) is 9.15 Å². The fourth-order valence-electron chi connectivity index (χ4n) is 2.16. The van der Waals surface area contributed by atoms with E-state index in [0.29, 0.717) is 12.2 Å². The van der Waals surface area contributed by atoms with Crippen molar-refractivity contribution in [3.05, 3.63) is 51.4 Å². The summed E-state index contributed by atoms with van der Waals surface area (Å²) < 4.78 is 11.1. The molecule has 20 heavy (non-hydrogen) atoms. The number of allylic oxidation sites excluding steroid dienone is 1. The zero-order chi connectivity index (χ0) is 14.7. The molecule has 0 atom stereocenters. The van der Waals surface area contributed by atoms with Crippen LogP contribution in [0.1, 0.15) is 31.9 Å². The first kappa shape index (κ1) is 14.4. The van der Waals surface area contributed by atoms with Crippen molar-refractivity contribution < 1.29 is 9.15 Å². The molecule has 106 valence electrons. The molecule has 2 rings (SSSR count). The summed E-state index contributed by atoms with van der Waals surface area (Å²) >= 11 is 0. The van der Waals surface area contributed by atoms with Gasteiger partial charge < -0.3 is 9.15 Å².